The van der Waals surface area contributed by atoms with E-state index in [4.69, 9.17) is 5.73 Å². The van der Waals surface area contributed by atoms with E-state index in [1.54, 1.807) is 11.3 Å². The van der Waals surface area contributed by atoms with Crippen molar-refractivity contribution in [2.45, 2.75) is 19.4 Å². The van der Waals surface area contributed by atoms with Gasteiger partial charge in [0.05, 0.1) is 5.69 Å². The van der Waals surface area contributed by atoms with Gasteiger partial charge < -0.3 is 11.1 Å². The number of nitrogens with one attached hydrogen (secondary N) is 1. The minimum Gasteiger partial charge on any atom is -0.369 e. The number of aromatic nitrogens is 1. The summed E-state index contributed by atoms with van der Waals surface area (Å²) >= 11 is 1.62. The summed E-state index contributed by atoms with van der Waals surface area (Å²) in [6, 6.07) is 10.0. The molecule has 0 unspecified atom stereocenters. The summed E-state index contributed by atoms with van der Waals surface area (Å²) in [6.45, 7) is 2.65. The van der Waals surface area contributed by atoms with E-state index >= 15 is 0 Å². The quantitative estimate of drug-likeness (QED) is 0.889. The third kappa shape index (κ3) is 3.84. The lowest BCUT2D eigenvalue weighted by atomic mass is 9.96. The van der Waals surface area contributed by atoms with E-state index in [2.05, 4.69) is 20.6 Å². The van der Waals surface area contributed by atoms with Gasteiger partial charge in [0.1, 0.15) is 0 Å². The zero-order chi connectivity index (χ0) is 15.4. The molecule has 1 amide bonds. The Hall–Kier alpha value is -1.92. The number of rotatable bonds is 5. The number of benzene rings is 1. The predicted molar refractivity (Wildman–Crippen MR) is 89.0 cm³/mol. The van der Waals surface area contributed by atoms with Gasteiger partial charge in [0.2, 0.25) is 5.91 Å². The average Bonchev–Trinajstić information content (AvgIpc) is 2.96. The van der Waals surface area contributed by atoms with Gasteiger partial charge in [-0.2, -0.15) is 0 Å². The molecular weight excluding hydrogens is 296 g/mol. The van der Waals surface area contributed by atoms with Crippen LogP contribution in [0.4, 0.5) is 10.8 Å². The van der Waals surface area contributed by atoms with E-state index in [1.807, 2.05) is 30.3 Å². The van der Waals surface area contributed by atoms with Gasteiger partial charge >= 0.3 is 0 Å². The van der Waals surface area contributed by atoms with Crippen LogP contribution in [0.2, 0.25) is 0 Å². The molecule has 22 heavy (non-hydrogen) atoms. The number of carbonyl (C=O) groups excluding carboxylic acids is 1. The fraction of sp³-hybridized carbons (Fsp3) is 0.375. The first-order valence-corrected chi connectivity index (χ1v) is 8.37. The fourth-order valence-electron chi connectivity index (χ4n) is 2.69. The number of amides is 1. The van der Waals surface area contributed by atoms with Crippen molar-refractivity contribution in [2.24, 2.45) is 11.7 Å². The van der Waals surface area contributed by atoms with E-state index in [-0.39, 0.29) is 11.8 Å². The Morgan fingerprint density at radius 1 is 1.32 bits per heavy atom. The highest BCUT2D eigenvalue weighted by molar-refractivity contribution is 7.13. The minimum absolute atomic E-state index is 0.0435. The first-order valence-electron chi connectivity index (χ1n) is 7.49. The van der Waals surface area contributed by atoms with E-state index in [1.165, 1.54) is 0 Å². The number of nitrogens with two attached hydrogens (primary N) is 1. The first-order chi connectivity index (χ1) is 10.7. The zero-order valence-electron chi connectivity index (χ0n) is 12.4. The normalized spacial score (nSPS) is 16.5. The number of anilines is 2. The van der Waals surface area contributed by atoms with Gasteiger partial charge in [0.25, 0.3) is 0 Å². The second-order valence-corrected chi connectivity index (χ2v) is 6.45. The lowest BCUT2D eigenvalue weighted by molar-refractivity contribution is -0.123. The number of likely N-dealkylation sites (tertiary alicyclic amines) is 1. The molecule has 3 N–H and O–H groups in total. The molecule has 1 aliphatic heterocycles. The minimum atomic E-state index is -0.164. The summed E-state index contributed by atoms with van der Waals surface area (Å²) in [5.74, 6) is -0.121. The standard InChI is InChI=1S/C16H20N4OS/c17-15(21)12-6-8-20(9-7-12)10-14-11-22-16(19-14)18-13-4-2-1-3-5-13/h1-5,11-12H,6-10H2,(H2,17,21)(H,18,19). The molecule has 0 saturated carbocycles. The van der Waals surface area contributed by atoms with E-state index < -0.39 is 0 Å². The molecule has 1 aliphatic rings. The summed E-state index contributed by atoms with van der Waals surface area (Å²) in [7, 11) is 0. The number of carbonyl (C=O) groups is 1. The van der Waals surface area contributed by atoms with Crippen molar-refractivity contribution in [1.29, 1.82) is 0 Å². The van der Waals surface area contributed by atoms with Gasteiger partial charge in [-0.3, -0.25) is 9.69 Å². The lowest BCUT2D eigenvalue weighted by Crippen LogP contribution is -2.38. The van der Waals surface area contributed by atoms with Crippen LogP contribution in [-0.4, -0.2) is 28.9 Å². The Bertz CT molecular complexity index is 620. The van der Waals surface area contributed by atoms with Crippen molar-refractivity contribution in [3.05, 3.63) is 41.4 Å². The maximum Gasteiger partial charge on any atom is 0.220 e. The van der Waals surface area contributed by atoms with E-state index in [0.29, 0.717) is 0 Å². The molecule has 2 heterocycles. The van der Waals surface area contributed by atoms with Crippen LogP contribution in [0.3, 0.4) is 0 Å². The van der Waals surface area contributed by atoms with Gasteiger partial charge in [-0.05, 0) is 38.1 Å². The number of nitrogens with zero attached hydrogens (tertiary/aromatic N) is 2. The van der Waals surface area contributed by atoms with E-state index in [0.717, 1.165) is 49.0 Å². The smallest absolute Gasteiger partial charge is 0.220 e. The van der Waals surface area contributed by atoms with E-state index in [9.17, 15) is 4.79 Å². The van der Waals surface area contributed by atoms with Crippen LogP contribution in [0.5, 0.6) is 0 Å². The zero-order valence-corrected chi connectivity index (χ0v) is 13.2. The maximum atomic E-state index is 11.2. The second kappa shape index (κ2) is 6.89. The van der Waals surface area contributed by atoms with Gasteiger partial charge in [0, 0.05) is 23.5 Å². The number of thiazole rings is 1. The van der Waals surface area contributed by atoms with Gasteiger partial charge in [0.15, 0.2) is 5.13 Å². The largest absolute Gasteiger partial charge is 0.369 e. The molecule has 116 valence electrons. The molecule has 0 spiro atoms. The Morgan fingerprint density at radius 2 is 2.05 bits per heavy atom. The van der Waals surface area contributed by atoms with Gasteiger partial charge in [-0.1, -0.05) is 18.2 Å². The molecule has 0 bridgehead atoms. The molecule has 1 aromatic carbocycles. The fourth-order valence-corrected chi connectivity index (χ4v) is 3.41. The SMILES string of the molecule is NC(=O)C1CCN(Cc2csc(Nc3ccccc3)n2)CC1. The predicted octanol–water partition coefficient (Wildman–Crippen LogP) is 2.58. The Labute approximate surface area is 134 Å². The topological polar surface area (TPSA) is 71.2 Å². The molecule has 1 saturated heterocycles. The molecule has 0 atom stereocenters. The van der Waals surface area contributed by atoms with Gasteiger partial charge in [-0.15, -0.1) is 11.3 Å². The van der Waals surface area contributed by atoms with Crippen molar-refractivity contribution < 1.29 is 4.79 Å². The molecule has 1 aromatic heterocycles. The number of hydrogen-bond donors (Lipinski definition) is 2. The highest BCUT2D eigenvalue weighted by Gasteiger charge is 2.23. The number of para-hydroxylation sites is 1. The van der Waals surface area contributed by atoms with Crippen LogP contribution in [0, 0.1) is 5.92 Å². The van der Waals surface area contributed by atoms with Crippen LogP contribution in [0.25, 0.3) is 0 Å². The second-order valence-electron chi connectivity index (χ2n) is 5.59. The Morgan fingerprint density at radius 3 is 2.73 bits per heavy atom. The number of piperidine rings is 1. The molecule has 3 rings (SSSR count). The Balaban J connectivity index is 1.53. The van der Waals surface area contributed by atoms with Crippen LogP contribution in [0.1, 0.15) is 18.5 Å². The molecule has 5 nitrogen and oxygen atoms in total. The summed E-state index contributed by atoms with van der Waals surface area (Å²) in [4.78, 5) is 18.1. The number of primary amides is 1. The van der Waals surface area contributed by atoms with Gasteiger partial charge in [-0.25, -0.2) is 4.98 Å². The summed E-state index contributed by atoms with van der Waals surface area (Å²) < 4.78 is 0. The third-order valence-electron chi connectivity index (χ3n) is 3.95. The molecule has 0 aliphatic carbocycles. The summed E-state index contributed by atoms with van der Waals surface area (Å²) in [5.41, 5.74) is 7.48. The molecule has 0 radical (unpaired) electrons. The summed E-state index contributed by atoms with van der Waals surface area (Å²) in [6.07, 6.45) is 1.71. The Kier molecular flexibility index (Phi) is 4.70. The van der Waals surface area contributed by atoms with Crippen LogP contribution in [0.15, 0.2) is 35.7 Å². The van der Waals surface area contributed by atoms with Crippen LogP contribution < -0.4 is 11.1 Å². The third-order valence-corrected chi connectivity index (χ3v) is 4.76. The molecule has 2 aromatic rings. The molecule has 6 heteroatoms. The summed E-state index contributed by atoms with van der Waals surface area (Å²) in [5, 5.41) is 6.31. The van der Waals surface area contributed by atoms with Crippen molar-refractivity contribution in [3.8, 4) is 0 Å². The number of hydrogen-bond acceptors (Lipinski definition) is 5. The first kappa shape index (κ1) is 15.0. The highest BCUT2D eigenvalue weighted by atomic mass is 32.1. The maximum absolute atomic E-state index is 11.2. The lowest BCUT2D eigenvalue weighted by Gasteiger charge is -2.29. The highest BCUT2D eigenvalue weighted by Crippen LogP contribution is 2.23. The molecular formula is C16H20N4OS. The van der Waals surface area contributed by atoms with Crippen molar-refractivity contribution in [2.75, 3.05) is 18.4 Å². The van der Waals surface area contributed by atoms with Crippen molar-refractivity contribution >= 4 is 28.1 Å². The average molecular weight is 316 g/mol. The van der Waals surface area contributed by atoms with Crippen LogP contribution >= 0.6 is 11.3 Å². The van der Waals surface area contributed by atoms with Crippen LogP contribution in [-0.2, 0) is 11.3 Å². The van der Waals surface area contributed by atoms with Crippen molar-refractivity contribution in [1.82, 2.24) is 9.88 Å². The molecule has 1 fully saturated rings. The monoisotopic (exact) mass is 316 g/mol. The van der Waals surface area contributed by atoms with Crippen molar-refractivity contribution in [3.63, 3.8) is 0 Å².